The van der Waals surface area contributed by atoms with Crippen molar-refractivity contribution in [2.45, 2.75) is 368 Å². The smallest absolute Gasteiger partial charge is 0.462 e. The number of rotatable bonds is 68. The van der Waals surface area contributed by atoms with Crippen molar-refractivity contribution in [2.75, 3.05) is 39.6 Å². The highest BCUT2D eigenvalue weighted by atomic mass is 31.2. The highest BCUT2D eigenvalue weighted by Gasteiger charge is 2.30. The van der Waals surface area contributed by atoms with Crippen LogP contribution in [0.1, 0.15) is 350 Å². The molecule has 0 rings (SSSR count). The molecule has 0 aromatic rings. The maximum Gasteiger partial charge on any atom is 0.472 e. The quantitative estimate of drug-likeness (QED) is 0.0222. The van der Waals surface area contributed by atoms with Crippen LogP contribution in [0.3, 0.4) is 0 Å². The molecule has 0 aliphatic heterocycles. The number of aliphatic hydroxyl groups excluding tert-OH is 1. The minimum absolute atomic E-state index is 0.102. The van der Waals surface area contributed by atoms with Gasteiger partial charge in [0.15, 0.2) is 12.2 Å². The number of hydrogen-bond acceptors (Lipinski definition) is 15. The van der Waals surface area contributed by atoms with E-state index in [1.54, 1.807) is 0 Å². The Balaban J connectivity index is 5.18. The van der Waals surface area contributed by atoms with Crippen LogP contribution in [-0.2, 0) is 65.4 Å². The summed E-state index contributed by atoms with van der Waals surface area (Å²) in [6.07, 6.45) is 46.2. The van der Waals surface area contributed by atoms with E-state index in [-0.39, 0.29) is 25.7 Å². The van der Waals surface area contributed by atoms with Crippen LogP contribution in [0.4, 0.5) is 0 Å². The molecule has 0 heterocycles. The van der Waals surface area contributed by atoms with Crippen molar-refractivity contribution in [2.24, 2.45) is 11.8 Å². The first-order valence-corrected chi connectivity index (χ1v) is 39.0. The normalized spacial score (nSPS) is 14.2. The van der Waals surface area contributed by atoms with Gasteiger partial charge in [-0.1, -0.05) is 298 Å². The van der Waals surface area contributed by atoms with Crippen molar-refractivity contribution >= 4 is 39.5 Å². The number of aliphatic hydroxyl groups is 1. The predicted octanol–water partition coefficient (Wildman–Crippen LogP) is 19.6. The molecule has 0 bridgehead atoms. The molecule has 17 nitrogen and oxygen atoms in total. The molecule has 5 atom stereocenters. The van der Waals surface area contributed by atoms with E-state index in [2.05, 4.69) is 41.5 Å². The first-order valence-electron chi connectivity index (χ1n) is 36.0. The molecule has 19 heteroatoms. The topological polar surface area (TPSA) is 237 Å². The fraction of sp³-hybridized carbons (Fsp3) is 0.942. The highest BCUT2D eigenvalue weighted by Crippen LogP contribution is 2.45. The summed E-state index contributed by atoms with van der Waals surface area (Å²) in [5.41, 5.74) is 0. The Morgan fingerprint density at radius 2 is 0.523 bits per heavy atom. The maximum atomic E-state index is 13.0. The molecule has 2 unspecified atom stereocenters. The summed E-state index contributed by atoms with van der Waals surface area (Å²) < 4.78 is 68.1. The van der Waals surface area contributed by atoms with E-state index in [0.29, 0.717) is 31.6 Å². The van der Waals surface area contributed by atoms with E-state index in [9.17, 15) is 43.2 Å². The zero-order valence-corrected chi connectivity index (χ0v) is 58.8. The Bertz CT molecular complexity index is 1720. The number of carbonyl (C=O) groups excluding carboxylic acids is 4. The van der Waals surface area contributed by atoms with Crippen molar-refractivity contribution in [1.29, 1.82) is 0 Å². The molecule has 0 aliphatic carbocycles. The second-order valence-electron chi connectivity index (χ2n) is 25.9. The molecule has 0 aromatic carbocycles. The van der Waals surface area contributed by atoms with Crippen molar-refractivity contribution < 1.29 is 80.2 Å². The Kier molecular flexibility index (Phi) is 59.9. The summed E-state index contributed by atoms with van der Waals surface area (Å²) >= 11 is 0. The van der Waals surface area contributed by atoms with Gasteiger partial charge in [0, 0.05) is 25.7 Å². The third-order valence-electron chi connectivity index (χ3n) is 16.0. The first-order chi connectivity index (χ1) is 42.4. The molecule has 0 radical (unpaired) electrons. The molecule has 0 spiro atoms. The Morgan fingerprint density at radius 3 is 0.773 bits per heavy atom. The van der Waals surface area contributed by atoms with E-state index >= 15 is 0 Å². The fourth-order valence-electron chi connectivity index (χ4n) is 10.4. The number of unbranched alkanes of at least 4 members (excludes halogenated alkanes) is 38. The number of phosphoric ester groups is 2. The SMILES string of the molecule is CCCCCCCCCCCCCCCCCCCCC(=O)O[C@H](COC(=O)CCCCCCCCCCCCCC(C)C)COP(=O)(O)OC[C@@H](O)COP(=O)(O)OC[C@@H](COC(=O)CCCCCCCCC)OC(=O)CCCCCCCCC(C)C. The van der Waals surface area contributed by atoms with Gasteiger partial charge in [0.1, 0.15) is 19.3 Å². The molecule has 0 aromatic heterocycles. The largest absolute Gasteiger partial charge is 0.472 e. The van der Waals surface area contributed by atoms with Gasteiger partial charge in [0.2, 0.25) is 0 Å². The molecular formula is C69H134O17P2. The predicted molar refractivity (Wildman–Crippen MR) is 354 cm³/mol. The van der Waals surface area contributed by atoms with Crippen molar-refractivity contribution in [3.63, 3.8) is 0 Å². The van der Waals surface area contributed by atoms with E-state index in [1.165, 1.54) is 154 Å². The summed E-state index contributed by atoms with van der Waals surface area (Å²) in [7, 11) is -9.89. The molecule has 0 aliphatic rings. The van der Waals surface area contributed by atoms with Gasteiger partial charge in [-0.25, -0.2) is 9.13 Å². The molecule has 0 saturated heterocycles. The second-order valence-corrected chi connectivity index (χ2v) is 28.8. The van der Waals surface area contributed by atoms with Crippen LogP contribution in [0.25, 0.3) is 0 Å². The van der Waals surface area contributed by atoms with Gasteiger partial charge >= 0.3 is 39.5 Å². The third-order valence-corrected chi connectivity index (χ3v) is 17.9. The van der Waals surface area contributed by atoms with E-state index in [0.717, 1.165) is 109 Å². The van der Waals surface area contributed by atoms with Crippen molar-refractivity contribution in [3.8, 4) is 0 Å². The molecule has 3 N–H and O–H groups in total. The summed E-state index contributed by atoms with van der Waals surface area (Å²) in [5.74, 6) is -0.694. The third kappa shape index (κ3) is 62.8. The van der Waals surface area contributed by atoms with Gasteiger partial charge in [-0.15, -0.1) is 0 Å². The van der Waals surface area contributed by atoms with Crippen LogP contribution >= 0.6 is 15.6 Å². The van der Waals surface area contributed by atoms with Gasteiger partial charge in [-0.2, -0.15) is 0 Å². The average molecular weight is 1300 g/mol. The van der Waals surface area contributed by atoms with Gasteiger partial charge in [-0.05, 0) is 37.5 Å². The fourth-order valence-corrected chi connectivity index (χ4v) is 12.0. The molecule has 0 fully saturated rings. The lowest BCUT2D eigenvalue weighted by molar-refractivity contribution is -0.161. The van der Waals surface area contributed by atoms with Gasteiger partial charge < -0.3 is 33.8 Å². The number of hydrogen-bond donors (Lipinski definition) is 3. The van der Waals surface area contributed by atoms with Crippen LogP contribution in [-0.4, -0.2) is 96.7 Å². The monoisotopic (exact) mass is 1300 g/mol. The first kappa shape index (κ1) is 86.1. The van der Waals surface area contributed by atoms with Crippen LogP contribution in [0.5, 0.6) is 0 Å². The highest BCUT2D eigenvalue weighted by molar-refractivity contribution is 7.47. The average Bonchev–Trinajstić information content (AvgIpc) is 3.69. The summed E-state index contributed by atoms with van der Waals surface area (Å²) in [6.45, 7) is 9.41. The van der Waals surface area contributed by atoms with Crippen LogP contribution in [0.2, 0.25) is 0 Å². The lowest BCUT2D eigenvalue weighted by Crippen LogP contribution is -2.30. The summed E-state index contributed by atoms with van der Waals surface area (Å²) in [5, 5.41) is 10.6. The van der Waals surface area contributed by atoms with E-state index in [1.807, 2.05) is 0 Å². The van der Waals surface area contributed by atoms with E-state index < -0.39 is 97.5 Å². The van der Waals surface area contributed by atoms with Crippen molar-refractivity contribution in [3.05, 3.63) is 0 Å². The van der Waals surface area contributed by atoms with Crippen LogP contribution < -0.4 is 0 Å². The van der Waals surface area contributed by atoms with Gasteiger partial charge in [0.05, 0.1) is 26.4 Å². The zero-order chi connectivity index (χ0) is 65.0. The van der Waals surface area contributed by atoms with Gasteiger partial charge in [-0.3, -0.25) is 37.3 Å². The molecule has 522 valence electrons. The van der Waals surface area contributed by atoms with Gasteiger partial charge in [0.25, 0.3) is 0 Å². The second kappa shape index (κ2) is 61.3. The number of ether oxygens (including phenoxy) is 4. The minimum Gasteiger partial charge on any atom is -0.462 e. The number of phosphoric acid groups is 2. The van der Waals surface area contributed by atoms with Crippen molar-refractivity contribution in [1.82, 2.24) is 0 Å². The summed E-state index contributed by atoms with van der Waals surface area (Å²) in [4.78, 5) is 72.3. The Hall–Kier alpha value is -1.94. The van der Waals surface area contributed by atoms with E-state index in [4.69, 9.17) is 37.0 Å². The maximum absolute atomic E-state index is 13.0. The standard InChI is InChI=1S/C69H134O17P2/c1-7-9-11-13-15-16-17-18-19-20-21-22-23-26-30-34-41-47-53-68(73)85-64(58-80-67(72)52-46-40-33-29-27-24-25-28-32-37-43-49-61(3)4)59-83-87(75,76)81-55-63(70)56-82-88(77,78)84-60-65(57-79-66(71)51-45-39-31-14-12-10-8-2)86-69(74)54-48-42-36-35-38-44-50-62(5)6/h61-65,70H,7-60H2,1-6H3,(H,75,76)(H,77,78)/t63-,64-,65-/m1/s1. The lowest BCUT2D eigenvalue weighted by Gasteiger charge is -2.21. The number of esters is 4. The molecule has 88 heavy (non-hydrogen) atoms. The Labute approximate surface area is 537 Å². The molecular weight excluding hydrogens is 1160 g/mol. The summed E-state index contributed by atoms with van der Waals surface area (Å²) in [6, 6.07) is 0. The Morgan fingerprint density at radius 1 is 0.307 bits per heavy atom. The lowest BCUT2D eigenvalue weighted by atomic mass is 10.0. The molecule has 0 saturated carbocycles. The minimum atomic E-state index is -4.95. The van der Waals surface area contributed by atoms with Crippen LogP contribution in [0.15, 0.2) is 0 Å². The van der Waals surface area contributed by atoms with Crippen LogP contribution in [0, 0.1) is 11.8 Å². The number of carbonyl (C=O) groups is 4. The molecule has 0 amide bonds. The zero-order valence-electron chi connectivity index (χ0n) is 57.0.